The van der Waals surface area contributed by atoms with Gasteiger partial charge in [-0.15, -0.1) is 0 Å². The van der Waals surface area contributed by atoms with E-state index in [0.29, 0.717) is 0 Å². The molecule has 0 aromatic heterocycles. The van der Waals surface area contributed by atoms with Crippen LogP contribution in [-0.4, -0.2) is 0 Å². The fourth-order valence-corrected chi connectivity index (χ4v) is 1.28. The second kappa shape index (κ2) is 4.56. The van der Waals surface area contributed by atoms with Crippen molar-refractivity contribution in [2.75, 3.05) is 0 Å². The molecule has 0 unspecified atom stereocenters. The summed E-state index contributed by atoms with van der Waals surface area (Å²) >= 11 is 0. The summed E-state index contributed by atoms with van der Waals surface area (Å²) in [6, 6.07) is 10.3. The Morgan fingerprint density at radius 1 is 1.33 bits per heavy atom. The molecule has 1 nitrogen and oxygen atoms in total. The van der Waals surface area contributed by atoms with Gasteiger partial charge in [0.2, 0.25) is 0 Å². The first kappa shape index (κ1) is 8.80. The summed E-state index contributed by atoms with van der Waals surface area (Å²) in [7, 11) is 0. The highest BCUT2D eigenvalue weighted by atomic mass is 14.7. The molecule has 1 aromatic carbocycles. The van der Waals surface area contributed by atoms with Crippen molar-refractivity contribution in [1.82, 2.24) is 0 Å². The van der Waals surface area contributed by atoms with Crippen LogP contribution in [-0.2, 0) is 0 Å². The van der Waals surface area contributed by atoms with Crippen LogP contribution in [0.1, 0.15) is 31.4 Å². The van der Waals surface area contributed by atoms with Crippen molar-refractivity contribution in [1.29, 1.82) is 0 Å². The van der Waals surface area contributed by atoms with Gasteiger partial charge in [-0.1, -0.05) is 42.1 Å². The summed E-state index contributed by atoms with van der Waals surface area (Å²) in [5.41, 5.74) is 1.21. The Kier molecular flexibility index (Phi) is 3.35. The standard InChI is InChI=1S/C11H14N/c1-3-7-11(12-2)10-8-5-4-6-9-10/h2,4-6,8-9,11H,3,7H2,1H3/q+1/t11-/m0/s1. The lowest BCUT2D eigenvalue weighted by atomic mass is 10.0. The second-order valence-electron chi connectivity index (χ2n) is 2.86. The van der Waals surface area contributed by atoms with Crippen LogP contribution in [0.3, 0.4) is 0 Å². The maximum absolute atomic E-state index is 5.32. The van der Waals surface area contributed by atoms with Gasteiger partial charge in [-0.2, -0.15) is 0 Å². The first-order chi connectivity index (χ1) is 5.88. The summed E-state index contributed by atoms with van der Waals surface area (Å²) in [5, 5.41) is 0. The lowest BCUT2D eigenvalue weighted by Gasteiger charge is -1.98. The zero-order valence-corrected chi connectivity index (χ0v) is 7.40. The van der Waals surface area contributed by atoms with Crippen LogP contribution in [0.25, 0.3) is 4.85 Å². The first-order valence-corrected chi connectivity index (χ1v) is 4.33. The number of nitrogens with zero attached hydrogens (tertiary/aromatic N) is 1. The van der Waals surface area contributed by atoms with E-state index in [0.717, 1.165) is 12.8 Å². The highest BCUT2D eigenvalue weighted by Crippen LogP contribution is 2.21. The normalized spacial score (nSPS) is 12.0. The van der Waals surface area contributed by atoms with E-state index in [2.05, 4.69) is 23.9 Å². The third kappa shape index (κ3) is 2.10. The van der Waals surface area contributed by atoms with E-state index in [9.17, 15) is 0 Å². The van der Waals surface area contributed by atoms with Crippen molar-refractivity contribution in [2.24, 2.45) is 0 Å². The van der Waals surface area contributed by atoms with Gasteiger partial charge in [0.1, 0.15) is 0 Å². The Morgan fingerprint density at radius 3 is 2.50 bits per heavy atom. The molecule has 1 heteroatoms. The molecule has 1 atom stereocenters. The van der Waals surface area contributed by atoms with Crippen LogP contribution < -0.4 is 0 Å². The fraction of sp³-hybridized carbons (Fsp3) is 0.364. The molecule has 62 valence electrons. The van der Waals surface area contributed by atoms with Gasteiger partial charge in [0.25, 0.3) is 12.6 Å². The smallest absolute Gasteiger partial charge is 0.0784 e. The summed E-state index contributed by atoms with van der Waals surface area (Å²) in [4.78, 5) is 3.85. The maximum atomic E-state index is 5.32. The molecular formula is C11H14N+. The van der Waals surface area contributed by atoms with E-state index in [1.54, 1.807) is 0 Å². The predicted molar refractivity (Wildman–Crippen MR) is 52.4 cm³/mol. The molecule has 0 radical (unpaired) electrons. The van der Waals surface area contributed by atoms with Crippen molar-refractivity contribution < 1.29 is 0 Å². The lowest BCUT2D eigenvalue weighted by molar-refractivity contribution is 0.715. The van der Waals surface area contributed by atoms with Crippen molar-refractivity contribution >= 4 is 0 Å². The lowest BCUT2D eigenvalue weighted by Crippen LogP contribution is -1.91. The second-order valence-corrected chi connectivity index (χ2v) is 2.86. The quantitative estimate of drug-likeness (QED) is 0.637. The molecule has 0 aliphatic rings. The van der Waals surface area contributed by atoms with Gasteiger partial charge >= 0.3 is 0 Å². The minimum Gasteiger partial charge on any atom is -0.0784 e. The Hall–Kier alpha value is -1.29. The molecule has 0 saturated heterocycles. The molecule has 1 rings (SSSR count). The monoisotopic (exact) mass is 160 g/mol. The molecule has 0 bridgehead atoms. The van der Waals surface area contributed by atoms with Gasteiger partial charge in [0.15, 0.2) is 0 Å². The van der Waals surface area contributed by atoms with Gasteiger partial charge < -0.3 is 0 Å². The highest BCUT2D eigenvalue weighted by Gasteiger charge is 2.16. The van der Waals surface area contributed by atoms with Crippen molar-refractivity contribution in [3.05, 3.63) is 40.7 Å². The van der Waals surface area contributed by atoms with Crippen LogP contribution in [0.5, 0.6) is 0 Å². The molecule has 0 heterocycles. The van der Waals surface area contributed by atoms with Gasteiger partial charge in [0, 0.05) is 12.0 Å². The molecule has 1 aromatic rings. The van der Waals surface area contributed by atoms with E-state index in [4.69, 9.17) is 6.57 Å². The molecule has 0 amide bonds. The number of benzene rings is 1. The Bertz CT molecular complexity index is 258. The Morgan fingerprint density at radius 2 is 2.00 bits per heavy atom. The molecule has 0 spiro atoms. The third-order valence-electron chi connectivity index (χ3n) is 1.93. The molecule has 0 saturated carbocycles. The van der Waals surface area contributed by atoms with E-state index in [-0.39, 0.29) is 6.04 Å². The Balaban J connectivity index is 2.75. The van der Waals surface area contributed by atoms with Gasteiger partial charge in [-0.05, 0) is 6.42 Å². The van der Waals surface area contributed by atoms with Crippen molar-refractivity contribution in [3.8, 4) is 6.57 Å². The summed E-state index contributed by atoms with van der Waals surface area (Å²) in [5.74, 6) is 0. The number of rotatable bonds is 3. The van der Waals surface area contributed by atoms with Crippen LogP contribution in [0.15, 0.2) is 30.3 Å². The van der Waals surface area contributed by atoms with E-state index in [1.165, 1.54) is 5.56 Å². The van der Waals surface area contributed by atoms with Crippen LogP contribution in [0.2, 0.25) is 0 Å². The minimum atomic E-state index is 0.177. The summed E-state index contributed by atoms with van der Waals surface area (Å²) in [6.07, 6.45) is 2.14. The SMILES string of the molecule is C#[N+][C@@H](CCC)c1ccccc1. The summed E-state index contributed by atoms with van der Waals surface area (Å²) < 4.78 is 0. The molecule has 0 fully saturated rings. The Labute approximate surface area is 73.9 Å². The fourth-order valence-electron chi connectivity index (χ4n) is 1.28. The minimum absolute atomic E-state index is 0.177. The highest BCUT2D eigenvalue weighted by molar-refractivity contribution is 5.21. The molecule has 12 heavy (non-hydrogen) atoms. The van der Waals surface area contributed by atoms with Crippen LogP contribution in [0.4, 0.5) is 0 Å². The van der Waals surface area contributed by atoms with E-state index < -0.39 is 0 Å². The molecule has 0 aliphatic carbocycles. The van der Waals surface area contributed by atoms with Crippen LogP contribution in [0, 0.1) is 6.57 Å². The molecule has 0 aliphatic heterocycles. The number of hydrogen-bond donors (Lipinski definition) is 0. The van der Waals surface area contributed by atoms with E-state index >= 15 is 0 Å². The average Bonchev–Trinajstić information content (AvgIpc) is 2.15. The zero-order chi connectivity index (χ0) is 8.81. The van der Waals surface area contributed by atoms with Gasteiger partial charge in [0.05, 0.1) is 0 Å². The van der Waals surface area contributed by atoms with Crippen molar-refractivity contribution in [3.63, 3.8) is 0 Å². The molecule has 0 N–H and O–H groups in total. The summed E-state index contributed by atoms with van der Waals surface area (Å²) in [6.45, 7) is 7.46. The van der Waals surface area contributed by atoms with Gasteiger partial charge in [-0.25, -0.2) is 0 Å². The zero-order valence-electron chi connectivity index (χ0n) is 7.40. The van der Waals surface area contributed by atoms with Crippen molar-refractivity contribution in [2.45, 2.75) is 25.8 Å². The first-order valence-electron chi connectivity index (χ1n) is 4.33. The predicted octanol–water partition coefficient (Wildman–Crippen LogP) is 3.49. The van der Waals surface area contributed by atoms with Crippen LogP contribution >= 0.6 is 0 Å². The number of hydrogen-bond acceptors (Lipinski definition) is 0. The third-order valence-corrected chi connectivity index (χ3v) is 1.93. The van der Waals surface area contributed by atoms with E-state index in [1.807, 2.05) is 18.2 Å². The maximum Gasteiger partial charge on any atom is 0.297 e. The average molecular weight is 160 g/mol. The van der Waals surface area contributed by atoms with Gasteiger partial charge in [-0.3, -0.25) is 0 Å². The topological polar surface area (TPSA) is 4.36 Å². The molecular weight excluding hydrogens is 146 g/mol. The largest absolute Gasteiger partial charge is 0.297 e.